The number of hydrogen-bond donors (Lipinski definition) is 2. The highest BCUT2D eigenvalue weighted by atomic mass is 35.5. The second-order valence-corrected chi connectivity index (χ2v) is 8.01. The van der Waals surface area contributed by atoms with Crippen LogP contribution in [-0.4, -0.2) is 47.9 Å². The van der Waals surface area contributed by atoms with Crippen molar-refractivity contribution in [1.29, 1.82) is 0 Å². The zero-order valence-corrected chi connectivity index (χ0v) is 18.4. The summed E-state index contributed by atoms with van der Waals surface area (Å²) in [4.78, 5) is 34.4. The zero-order valence-electron chi connectivity index (χ0n) is 17.6. The number of carbonyl (C=O) groups excluding carboxylic acids is 3. The Bertz CT molecular complexity index is 539. The SMILES string of the molecule is CCOC(=O)C1(N)CCC1.CCOC(=O)C1(NC(=O)OC(C)(C)C)CCC1.Cl. The maximum Gasteiger partial charge on any atom is 0.408 e. The Labute approximate surface area is 173 Å². The van der Waals surface area contributed by atoms with Crippen LogP contribution < -0.4 is 11.1 Å². The largest absolute Gasteiger partial charge is 0.465 e. The van der Waals surface area contributed by atoms with E-state index >= 15 is 0 Å². The lowest BCUT2D eigenvalue weighted by Gasteiger charge is -2.39. The quantitative estimate of drug-likeness (QED) is 0.516. The van der Waals surface area contributed by atoms with Crippen LogP contribution >= 0.6 is 12.4 Å². The standard InChI is InChI=1S/C12H21NO4.C7H13NO2.ClH/c1-5-16-9(14)12(7-6-8-12)13-10(15)17-11(2,3)4;1-2-10-6(9)7(8)4-3-5-7;/h5-8H2,1-4H3,(H,13,15);2-5,8H2,1H3;1H. The van der Waals surface area contributed by atoms with Gasteiger partial charge in [-0.25, -0.2) is 9.59 Å². The fourth-order valence-electron chi connectivity index (χ4n) is 2.72. The highest BCUT2D eigenvalue weighted by Crippen LogP contribution is 2.33. The first-order chi connectivity index (χ1) is 12.5. The summed E-state index contributed by atoms with van der Waals surface area (Å²) in [6.45, 7) is 9.63. The molecule has 164 valence electrons. The van der Waals surface area contributed by atoms with Gasteiger partial charge >= 0.3 is 18.0 Å². The molecular weight excluding hydrogens is 388 g/mol. The van der Waals surface area contributed by atoms with E-state index in [0.29, 0.717) is 26.1 Å². The number of nitrogens with one attached hydrogen (secondary N) is 1. The summed E-state index contributed by atoms with van der Waals surface area (Å²) in [7, 11) is 0. The molecule has 1 amide bonds. The van der Waals surface area contributed by atoms with Gasteiger partial charge in [0.05, 0.1) is 13.2 Å². The van der Waals surface area contributed by atoms with Crippen molar-refractivity contribution in [3.05, 3.63) is 0 Å². The van der Waals surface area contributed by atoms with Crippen LogP contribution in [-0.2, 0) is 23.8 Å². The molecule has 9 heteroatoms. The zero-order chi connectivity index (χ0) is 20.7. The molecule has 2 saturated carbocycles. The number of alkyl carbamates (subject to hydrolysis) is 1. The second-order valence-electron chi connectivity index (χ2n) is 8.01. The van der Waals surface area contributed by atoms with Crippen LogP contribution in [0.3, 0.4) is 0 Å². The molecule has 0 aromatic carbocycles. The van der Waals surface area contributed by atoms with E-state index in [1.165, 1.54) is 0 Å². The van der Waals surface area contributed by atoms with Crippen LogP contribution in [0.2, 0.25) is 0 Å². The summed E-state index contributed by atoms with van der Waals surface area (Å²) in [6.07, 6.45) is 4.20. The highest BCUT2D eigenvalue weighted by Gasteiger charge is 2.47. The van der Waals surface area contributed by atoms with Gasteiger partial charge < -0.3 is 25.3 Å². The van der Waals surface area contributed by atoms with Gasteiger partial charge in [0.15, 0.2) is 0 Å². The molecule has 28 heavy (non-hydrogen) atoms. The van der Waals surface area contributed by atoms with Crippen LogP contribution in [0.5, 0.6) is 0 Å². The Morgan fingerprint density at radius 2 is 1.39 bits per heavy atom. The molecule has 0 aromatic rings. The van der Waals surface area contributed by atoms with Crippen LogP contribution in [0.25, 0.3) is 0 Å². The fraction of sp³-hybridized carbons (Fsp3) is 0.842. The minimum atomic E-state index is -0.863. The van der Waals surface area contributed by atoms with Gasteiger partial charge in [-0.3, -0.25) is 4.79 Å². The van der Waals surface area contributed by atoms with Crippen LogP contribution in [0.4, 0.5) is 4.79 Å². The van der Waals surface area contributed by atoms with E-state index in [2.05, 4.69) is 5.32 Å². The lowest BCUT2D eigenvalue weighted by molar-refractivity contribution is -0.155. The van der Waals surface area contributed by atoms with Gasteiger partial charge in [0.1, 0.15) is 16.7 Å². The van der Waals surface area contributed by atoms with E-state index in [9.17, 15) is 14.4 Å². The summed E-state index contributed by atoms with van der Waals surface area (Å²) >= 11 is 0. The first-order valence-electron chi connectivity index (χ1n) is 9.62. The molecule has 2 rings (SSSR count). The monoisotopic (exact) mass is 422 g/mol. The fourth-order valence-corrected chi connectivity index (χ4v) is 2.72. The van der Waals surface area contributed by atoms with E-state index in [-0.39, 0.29) is 24.3 Å². The Balaban J connectivity index is 0.000000567. The predicted octanol–water partition coefficient (Wildman–Crippen LogP) is 2.85. The number of amides is 1. The molecule has 0 spiro atoms. The summed E-state index contributed by atoms with van der Waals surface area (Å²) in [5, 5.41) is 2.64. The molecule has 3 N–H and O–H groups in total. The third-order valence-corrected chi connectivity index (χ3v) is 4.54. The number of carbonyl (C=O) groups is 3. The van der Waals surface area contributed by atoms with Crippen molar-refractivity contribution >= 4 is 30.4 Å². The number of halogens is 1. The van der Waals surface area contributed by atoms with Crippen LogP contribution in [0.15, 0.2) is 0 Å². The minimum Gasteiger partial charge on any atom is -0.465 e. The van der Waals surface area contributed by atoms with E-state index in [1.807, 2.05) is 0 Å². The molecule has 0 radical (unpaired) electrons. The van der Waals surface area contributed by atoms with Gasteiger partial charge in [-0.15, -0.1) is 12.4 Å². The first-order valence-corrected chi connectivity index (χ1v) is 9.62. The minimum absolute atomic E-state index is 0. The molecular formula is C19H35ClN2O6. The van der Waals surface area contributed by atoms with Gasteiger partial charge in [-0.05, 0) is 73.1 Å². The van der Waals surface area contributed by atoms with Crippen molar-refractivity contribution in [2.75, 3.05) is 13.2 Å². The number of nitrogens with two attached hydrogens (primary N) is 1. The summed E-state index contributed by atoms with van der Waals surface area (Å²) in [5.74, 6) is -0.599. The van der Waals surface area contributed by atoms with Gasteiger partial charge in [-0.1, -0.05) is 0 Å². The molecule has 2 aliphatic rings. The van der Waals surface area contributed by atoms with Crippen molar-refractivity contribution in [2.45, 2.75) is 89.8 Å². The molecule has 0 aromatic heterocycles. The number of hydrogen-bond acceptors (Lipinski definition) is 7. The van der Waals surface area contributed by atoms with E-state index in [0.717, 1.165) is 25.7 Å². The molecule has 0 aliphatic heterocycles. The molecule has 2 fully saturated rings. The van der Waals surface area contributed by atoms with Crippen molar-refractivity contribution in [3.8, 4) is 0 Å². The third kappa shape index (κ3) is 7.47. The third-order valence-electron chi connectivity index (χ3n) is 4.54. The van der Waals surface area contributed by atoms with E-state index in [1.54, 1.807) is 34.6 Å². The van der Waals surface area contributed by atoms with E-state index in [4.69, 9.17) is 19.9 Å². The smallest absolute Gasteiger partial charge is 0.408 e. The van der Waals surface area contributed by atoms with Gasteiger partial charge in [0, 0.05) is 0 Å². The Morgan fingerprint density at radius 1 is 0.929 bits per heavy atom. The topological polar surface area (TPSA) is 117 Å². The molecule has 0 heterocycles. The maximum absolute atomic E-state index is 11.8. The number of rotatable bonds is 5. The Kier molecular flexibility index (Phi) is 10.3. The molecule has 2 aliphatic carbocycles. The molecule has 0 unspecified atom stereocenters. The highest BCUT2D eigenvalue weighted by molar-refractivity contribution is 5.87. The average molecular weight is 423 g/mol. The summed E-state index contributed by atoms with van der Waals surface area (Å²) < 4.78 is 14.9. The predicted molar refractivity (Wildman–Crippen MR) is 107 cm³/mol. The van der Waals surface area contributed by atoms with Crippen LogP contribution in [0.1, 0.15) is 73.1 Å². The van der Waals surface area contributed by atoms with Crippen molar-refractivity contribution < 1.29 is 28.6 Å². The first kappa shape index (κ1) is 26.5. The normalized spacial score (nSPS) is 18.5. The summed E-state index contributed by atoms with van der Waals surface area (Å²) in [6, 6.07) is 0. The lowest BCUT2D eigenvalue weighted by Crippen LogP contribution is -2.60. The van der Waals surface area contributed by atoms with Crippen molar-refractivity contribution in [1.82, 2.24) is 5.32 Å². The Morgan fingerprint density at radius 3 is 1.71 bits per heavy atom. The molecule has 0 saturated heterocycles. The Hall–Kier alpha value is -1.54. The van der Waals surface area contributed by atoms with Gasteiger partial charge in [0.25, 0.3) is 0 Å². The molecule has 0 bridgehead atoms. The molecule has 0 atom stereocenters. The number of ether oxygens (including phenoxy) is 3. The van der Waals surface area contributed by atoms with Gasteiger partial charge in [0.2, 0.25) is 0 Å². The lowest BCUT2D eigenvalue weighted by atomic mass is 9.77. The van der Waals surface area contributed by atoms with Crippen LogP contribution in [0, 0.1) is 0 Å². The van der Waals surface area contributed by atoms with E-state index < -0.39 is 22.8 Å². The average Bonchev–Trinajstić information content (AvgIpc) is 2.47. The molecule has 8 nitrogen and oxygen atoms in total. The summed E-state index contributed by atoms with van der Waals surface area (Å²) in [5.41, 5.74) is 3.60. The maximum atomic E-state index is 11.8. The number of esters is 2. The van der Waals surface area contributed by atoms with Gasteiger partial charge in [-0.2, -0.15) is 0 Å². The van der Waals surface area contributed by atoms with Crippen molar-refractivity contribution in [3.63, 3.8) is 0 Å². The van der Waals surface area contributed by atoms with Crippen molar-refractivity contribution in [2.24, 2.45) is 5.73 Å². The second kappa shape index (κ2) is 10.9.